The first-order chi connectivity index (χ1) is 7.63. The Hall–Kier alpha value is -0.590. The summed E-state index contributed by atoms with van der Waals surface area (Å²) in [7, 11) is 0. The van der Waals surface area contributed by atoms with Gasteiger partial charge in [-0.2, -0.15) is 0 Å². The van der Waals surface area contributed by atoms with Gasteiger partial charge in [-0.15, -0.1) is 11.3 Å². The number of carbonyl (C=O) groups is 1. The molecular weight excluding hydrogens is 244 g/mol. The molecule has 0 bridgehead atoms. The molecule has 0 aliphatic heterocycles. The standard InChI is InChI=1S/C10H16N2O2S2/c1-3-14-9(13)8(11)4-5-15-10-12-7(2)6-16-10/h6,8H,3-5,11H2,1-2H3. The molecule has 1 unspecified atom stereocenters. The lowest BCUT2D eigenvalue weighted by molar-refractivity contribution is -0.144. The molecule has 1 aromatic heterocycles. The Labute approximate surface area is 104 Å². The van der Waals surface area contributed by atoms with Crippen molar-refractivity contribution in [2.24, 2.45) is 5.73 Å². The third-order valence-corrected chi connectivity index (χ3v) is 4.01. The van der Waals surface area contributed by atoms with E-state index in [1.807, 2.05) is 12.3 Å². The second-order valence-corrected chi connectivity index (χ2v) is 5.45. The average Bonchev–Trinajstić information content (AvgIpc) is 2.64. The molecule has 1 rings (SSSR count). The maximum Gasteiger partial charge on any atom is 0.322 e. The summed E-state index contributed by atoms with van der Waals surface area (Å²) < 4.78 is 5.85. The van der Waals surface area contributed by atoms with Crippen LogP contribution in [0.1, 0.15) is 19.0 Å². The Balaban J connectivity index is 2.22. The zero-order valence-electron chi connectivity index (χ0n) is 9.43. The smallest absolute Gasteiger partial charge is 0.322 e. The molecule has 2 N–H and O–H groups in total. The SMILES string of the molecule is CCOC(=O)C(N)CCSc1nc(C)cs1. The second kappa shape index (κ2) is 6.88. The Morgan fingerprint density at radius 2 is 2.50 bits per heavy atom. The highest BCUT2D eigenvalue weighted by Crippen LogP contribution is 2.23. The molecule has 6 heteroatoms. The van der Waals surface area contributed by atoms with Crippen LogP contribution in [0.4, 0.5) is 0 Å². The van der Waals surface area contributed by atoms with E-state index in [9.17, 15) is 4.79 Å². The predicted octanol–water partition coefficient (Wildman–Crippen LogP) is 1.82. The minimum Gasteiger partial charge on any atom is -0.465 e. The van der Waals surface area contributed by atoms with Crippen LogP contribution in [0.2, 0.25) is 0 Å². The van der Waals surface area contributed by atoms with Crippen LogP contribution in [-0.2, 0) is 9.53 Å². The van der Waals surface area contributed by atoms with E-state index >= 15 is 0 Å². The number of aryl methyl sites for hydroxylation is 1. The van der Waals surface area contributed by atoms with Crippen molar-refractivity contribution in [3.8, 4) is 0 Å². The zero-order valence-corrected chi connectivity index (χ0v) is 11.1. The fourth-order valence-corrected chi connectivity index (χ4v) is 2.98. The van der Waals surface area contributed by atoms with Gasteiger partial charge >= 0.3 is 5.97 Å². The average molecular weight is 260 g/mol. The van der Waals surface area contributed by atoms with E-state index in [1.54, 1.807) is 30.0 Å². The second-order valence-electron chi connectivity index (χ2n) is 3.25. The molecule has 4 nitrogen and oxygen atoms in total. The number of rotatable bonds is 6. The summed E-state index contributed by atoms with van der Waals surface area (Å²) >= 11 is 3.24. The van der Waals surface area contributed by atoms with Crippen molar-refractivity contribution in [1.29, 1.82) is 0 Å². The van der Waals surface area contributed by atoms with Crippen molar-refractivity contribution >= 4 is 29.1 Å². The van der Waals surface area contributed by atoms with Gasteiger partial charge in [-0.05, 0) is 20.3 Å². The van der Waals surface area contributed by atoms with Crippen LogP contribution >= 0.6 is 23.1 Å². The van der Waals surface area contributed by atoms with E-state index < -0.39 is 6.04 Å². The molecule has 16 heavy (non-hydrogen) atoms. The number of aromatic nitrogens is 1. The predicted molar refractivity (Wildman–Crippen MR) is 66.8 cm³/mol. The van der Waals surface area contributed by atoms with E-state index in [0.29, 0.717) is 13.0 Å². The van der Waals surface area contributed by atoms with Crippen LogP contribution < -0.4 is 5.73 Å². The van der Waals surface area contributed by atoms with Crippen LogP contribution in [0.15, 0.2) is 9.72 Å². The van der Waals surface area contributed by atoms with Crippen LogP contribution in [0, 0.1) is 6.92 Å². The number of hydrogen-bond acceptors (Lipinski definition) is 6. The van der Waals surface area contributed by atoms with E-state index in [-0.39, 0.29) is 5.97 Å². The van der Waals surface area contributed by atoms with Gasteiger partial charge < -0.3 is 10.5 Å². The van der Waals surface area contributed by atoms with Gasteiger partial charge in [-0.3, -0.25) is 4.79 Å². The fourth-order valence-electron chi connectivity index (χ4n) is 1.04. The van der Waals surface area contributed by atoms with Crippen LogP contribution in [0.25, 0.3) is 0 Å². The van der Waals surface area contributed by atoms with Gasteiger partial charge in [0, 0.05) is 16.8 Å². The molecule has 0 fully saturated rings. The maximum absolute atomic E-state index is 11.2. The van der Waals surface area contributed by atoms with Crippen LogP contribution in [-0.4, -0.2) is 29.4 Å². The molecule has 0 spiro atoms. The molecule has 0 aliphatic carbocycles. The van der Waals surface area contributed by atoms with Crippen LogP contribution in [0.3, 0.4) is 0 Å². The molecule has 1 atom stereocenters. The third kappa shape index (κ3) is 4.51. The third-order valence-electron chi connectivity index (χ3n) is 1.84. The lowest BCUT2D eigenvalue weighted by Gasteiger charge is -2.08. The number of ether oxygens (including phenoxy) is 1. The van der Waals surface area contributed by atoms with Gasteiger partial charge in [0.2, 0.25) is 0 Å². The normalized spacial score (nSPS) is 12.4. The number of nitrogens with two attached hydrogens (primary N) is 1. The number of thioether (sulfide) groups is 1. The Morgan fingerprint density at radius 1 is 1.75 bits per heavy atom. The highest BCUT2D eigenvalue weighted by Gasteiger charge is 2.14. The van der Waals surface area contributed by atoms with E-state index in [4.69, 9.17) is 10.5 Å². The number of nitrogens with zero attached hydrogens (tertiary/aromatic N) is 1. The van der Waals surface area contributed by atoms with E-state index in [0.717, 1.165) is 15.8 Å². The van der Waals surface area contributed by atoms with Crippen molar-refractivity contribution in [3.05, 3.63) is 11.1 Å². The number of carbonyl (C=O) groups excluding carboxylic acids is 1. The molecule has 0 saturated heterocycles. The number of esters is 1. The lowest BCUT2D eigenvalue weighted by Crippen LogP contribution is -2.32. The quantitative estimate of drug-likeness (QED) is 0.624. The molecular formula is C10H16N2O2S2. The summed E-state index contributed by atoms with van der Waals surface area (Å²) in [4.78, 5) is 15.5. The van der Waals surface area contributed by atoms with Gasteiger partial charge in [0.25, 0.3) is 0 Å². The Kier molecular flexibility index (Phi) is 5.79. The summed E-state index contributed by atoms with van der Waals surface area (Å²) in [5.74, 6) is 0.464. The highest BCUT2D eigenvalue weighted by atomic mass is 32.2. The lowest BCUT2D eigenvalue weighted by atomic mass is 10.2. The Morgan fingerprint density at radius 3 is 3.06 bits per heavy atom. The topological polar surface area (TPSA) is 65.2 Å². The maximum atomic E-state index is 11.2. The van der Waals surface area contributed by atoms with E-state index in [1.165, 1.54) is 0 Å². The first-order valence-electron chi connectivity index (χ1n) is 5.10. The Bertz CT molecular complexity index is 341. The molecule has 1 heterocycles. The zero-order chi connectivity index (χ0) is 12.0. The summed E-state index contributed by atoms with van der Waals surface area (Å²) in [6, 6.07) is -0.520. The number of thiazole rings is 1. The molecule has 0 aromatic carbocycles. The molecule has 0 amide bonds. The van der Waals surface area contributed by atoms with Gasteiger partial charge in [-0.25, -0.2) is 4.98 Å². The van der Waals surface area contributed by atoms with Gasteiger partial charge in [0.05, 0.1) is 6.61 Å². The van der Waals surface area contributed by atoms with E-state index in [2.05, 4.69) is 4.98 Å². The number of hydrogen-bond donors (Lipinski definition) is 1. The summed E-state index contributed by atoms with van der Waals surface area (Å²) in [5.41, 5.74) is 6.70. The molecule has 0 radical (unpaired) electrons. The first kappa shape index (κ1) is 13.5. The van der Waals surface area contributed by atoms with Crippen molar-refractivity contribution in [2.45, 2.75) is 30.6 Å². The van der Waals surface area contributed by atoms with Gasteiger partial charge in [0.15, 0.2) is 0 Å². The van der Waals surface area contributed by atoms with Gasteiger partial charge in [-0.1, -0.05) is 11.8 Å². The molecule has 0 saturated carbocycles. The minimum absolute atomic E-state index is 0.321. The van der Waals surface area contributed by atoms with Crippen molar-refractivity contribution in [3.63, 3.8) is 0 Å². The van der Waals surface area contributed by atoms with Crippen molar-refractivity contribution in [2.75, 3.05) is 12.4 Å². The molecule has 1 aromatic rings. The van der Waals surface area contributed by atoms with Crippen molar-refractivity contribution in [1.82, 2.24) is 4.98 Å². The van der Waals surface area contributed by atoms with Crippen molar-refractivity contribution < 1.29 is 9.53 Å². The largest absolute Gasteiger partial charge is 0.465 e. The monoisotopic (exact) mass is 260 g/mol. The van der Waals surface area contributed by atoms with Gasteiger partial charge in [0.1, 0.15) is 10.4 Å². The minimum atomic E-state index is -0.520. The summed E-state index contributed by atoms with van der Waals surface area (Å²) in [6.45, 7) is 4.12. The fraction of sp³-hybridized carbons (Fsp3) is 0.600. The van der Waals surface area contributed by atoms with Crippen LogP contribution in [0.5, 0.6) is 0 Å². The molecule has 0 aliphatic rings. The summed E-state index contributed by atoms with van der Waals surface area (Å²) in [5, 5.41) is 2.01. The highest BCUT2D eigenvalue weighted by molar-refractivity contribution is 8.01. The summed E-state index contributed by atoms with van der Waals surface area (Å²) in [6.07, 6.45) is 0.613. The first-order valence-corrected chi connectivity index (χ1v) is 6.97. The molecule has 90 valence electrons.